The van der Waals surface area contributed by atoms with Gasteiger partial charge in [0.1, 0.15) is 5.75 Å². The first kappa shape index (κ1) is 14.6. The van der Waals surface area contributed by atoms with Gasteiger partial charge in [0.15, 0.2) is 0 Å². The molecule has 0 aliphatic carbocycles. The van der Waals surface area contributed by atoms with Crippen molar-refractivity contribution in [1.82, 2.24) is 0 Å². The normalized spacial score (nSPS) is 11.7. The lowest BCUT2D eigenvalue weighted by Crippen LogP contribution is -2.23. The molecule has 0 saturated carbocycles. The average Bonchev–Trinajstić information content (AvgIpc) is 2.28. The minimum atomic E-state index is -1.31. The van der Waals surface area contributed by atoms with Gasteiger partial charge in [-0.3, -0.25) is 0 Å². The zero-order chi connectivity index (χ0) is 13.7. The lowest BCUT2D eigenvalue weighted by atomic mass is 10.2. The molecule has 0 fully saturated rings. The lowest BCUT2D eigenvalue weighted by molar-refractivity contribution is -0.147. The molecule has 1 unspecified atom stereocenters. The van der Waals surface area contributed by atoms with E-state index in [1.165, 1.54) is 18.2 Å². The van der Waals surface area contributed by atoms with Crippen molar-refractivity contribution in [3.05, 3.63) is 28.8 Å². The molecule has 1 N–H and O–H groups in total. The molecule has 98 valence electrons. The fourth-order valence-corrected chi connectivity index (χ4v) is 1.54. The molecule has 7 heteroatoms. The summed E-state index contributed by atoms with van der Waals surface area (Å²) in [7, 11) is 0. The zero-order valence-corrected chi connectivity index (χ0v) is 10.9. The molecule has 0 spiro atoms. The van der Waals surface area contributed by atoms with Crippen molar-refractivity contribution in [2.24, 2.45) is 0 Å². The predicted octanol–water partition coefficient (Wildman–Crippen LogP) is 2.54. The fourth-order valence-electron chi connectivity index (χ4n) is 1.12. The van der Waals surface area contributed by atoms with E-state index in [4.69, 9.17) is 33.0 Å². The van der Waals surface area contributed by atoms with E-state index in [1.54, 1.807) is 6.92 Å². The van der Waals surface area contributed by atoms with Gasteiger partial charge in [0, 0.05) is 0 Å². The molecule has 18 heavy (non-hydrogen) atoms. The summed E-state index contributed by atoms with van der Waals surface area (Å²) >= 11 is 11.4. The third-order valence-corrected chi connectivity index (χ3v) is 2.46. The Balaban J connectivity index is 2.77. The SMILES string of the molecule is CCOC(=O)C(Cl)Oc1ccc(C(=O)O)c(Cl)c1. The van der Waals surface area contributed by atoms with E-state index in [9.17, 15) is 9.59 Å². The standard InChI is InChI=1S/C11H10Cl2O5/c1-2-17-11(16)9(13)18-6-3-4-7(10(14)15)8(12)5-6/h3-5,9H,2H2,1H3,(H,14,15). The number of halogens is 2. The Bertz CT molecular complexity index is 461. The van der Waals surface area contributed by atoms with Crippen molar-refractivity contribution in [3.63, 3.8) is 0 Å². The number of hydrogen-bond donors (Lipinski definition) is 1. The van der Waals surface area contributed by atoms with Gasteiger partial charge >= 0.3 is 11.9 Å². The molecule has 0 saturated heterocycles. The van der Waals surface area contributed by atoms with E-state index in [0.717, 1.165) is 0 Å². The van der Waals surface area contributed by atoms with E-state index in [0.29, 0.717) is 0 Å². The smallest absolute Gasteiger partial charge is 0.363 e. The lowest BCUT2D eigenvalue weighted by Gasteiger charge is -2.12. The van der Waals surface area contributed by atoms with E-state index in [-0.39, 0.29) is 22.9 Å². The van der Waals surface area contributed by atoms with E-state index >= 15 is 0 Å². The second-order valence-electron chi connectivity index (χ2n) is 3.13. The summed E-state index contributed by atoms with van der Waals surface area (Å²) < 4.78 is 9.70. The van der Waals surface area contributed by atoms with Crippen LogP contribution in [0.1, 0.15) is 17.3 Å². The molecular weight excluding hydrogens is 283 g/mol. The summed E-state index contributed by atoms with van der Waals surface area (Å²) in [6, 6.07) is 3.87. The number of hydrogen-bond acceptors (Lipinski definition) is 4. The van der Waals surface area contributed by atoms with Crippen molar-refractivity contribution in [1.29, 1.82) is 0 Å². The topological polar surface area (TPSA) is 72.8 Å². The van der Waals surface area contributed by atoms with E-state index < -0.39 is 17.5 Å². The molecule has 1 aromatic rings. The molecule has 0 radical (unpaired) electrons. The molecule has 5 nitrogen and oxygen atoms in total. The molecule has 1 atom stereocenters. The van der Waals surface area contributed by atoms with Crippen molar-refractivity contribution in [2.45, 2.75) is 12.5 Å². The molecule has 0 bridgehead atoms. The third-order valence-electron chi connectivity index (χ3n) is 1.88. The molecule has 1 rings (SSSR count). The largest absolute Gasteiger partial charge is 0.478 e. The first-order valence-electron chi connectivity index (χ1n) is 4.96. The minimum absolute atomic E-state index is 0.00674. The monoisotopic (exact) mass is 292 g/mol. The van der Waals surface area contributed by atoms with Crippen LogP contribution < -0.4 is 4.74 Å². The molecule has 0 heterocycles. The van der Waals surface area contributed by atoms with Crippen LogP contribution in [0.3, 0.4) is 0 Å². The molecule has 0 amide bonds. The van der Waals surface area contributed by atoms with Gasteiger partial charge in [-0.15, -0.1) is 0 Å². The third kappa shape index (κ3) is 3.78. The van der Waals surface area contributed by atoms with E-state index in [1.807, 2.05) is 0 Å². The summed E-state index contributed by atoms with van der Waals surface area (Å²) in [5.41, 5.74) is -1.37. The summed E-state index contributed by atoms with van der Waals surface area (Å²) in [6.45, 7) is 1.82. The van der Waals surface area contributed by atoms with Crippen molar-refractivity contribution < 1.29 is 24.2 Å². The number of ether oxygens (including phenoxy) is 2. The van der Waals surface area contributed by atoms with Crippen LogP contribution in [0.4, 0.5) is 0 Å². The Hall–Kier alpha value is -1.46. The molecule has 1 aromatic carbocycles. The first-order valence-corrected chi connectivity index (χ1v) is 5.77. The van der Waals surface area contributed by atoms with Gasteiger partial charge in [-0.1, -0.05) is 23.2 Å². The van der Waals surface area contributed by atoms with Crippen LogP contribution in [0.2, 0.25) is 5.02 Å². The summed E-state index contributed by atoms with van der Waals surface area (Å²) in [6.07, 6.45) is 0. The Morgan fingerprint density at radius 1 is 1.44 bits per heavy atom. The number of carboxylic acid groups (broad SMARTS) is 1. The molecule has 0 aliphatic rings. The van der Waals surface area contributed by atoms with Crippen molar-refractivity contribution in [3.8, 4) is 5.75 Å². The number of benzene rings is 1. The first-order chi connectivity index (χ1) is 8.45. The number of carbonyl (C=O) groups excluding carboxylic acids is 1. The Morgan fingerprint density at radius 2 is 2.11 bits per heavy atom. The number of carboxylic acids is 1. The number of esters is 1. The maximum absolute atomic E-state index is 11.2. The van der Waals surface area contributed by atoms with Crippen LogP contribution >= 0.6 is 23.2 Å². The highest BCUT2D eigenvalue weighted by Gasteiger charge is 2.19. The second-order valence-corrected chi connectivity index (χ2v) is 3.94. The van der Waals surface area contributed by atoms with E-state index in [2.05, 4.69) is 4.74 Å². The summed E-state index contributed by atoms with van der Waals surface area (Å²) in [5.74, 6) is -1.70. The van der Waals surface area contributed by atoms with Crippen molar-refractivity contribution in [2.75, 3.05) is 6.61 Å². The Morgan fingerprint density at radius 3 is 2.61 bits per heavy atom. The van der Waals surface area contributed by atoms with Crippen LogP contribution in [0.5, 0.6) is 5.75 Å². The molecule has 0 aliphatic heterocycles. The van der Waals surface area contributed by atoms with Gasteiger partial charge < -0.3 is 14.6 Å². The number of aromatic carboxylic acids is 1. The fraction of sp³-hybridized carbons (Fsp3) is 0.273. The van der Waals surface area contributed by atoms with Gasteiger partial charge in [-0.05, 0) is 25.1 Å². The Kier molecular flexibility index (Phi) is 5.25. The highest BCUT2D eigenvalue weighted by atomic mass is 35.5. The number of alkyl halides is 1. The van der Waals surface area contributed by atoms with Crippen LogP contribution in [-0.4, -0.2) is 29.2 Å². The van der Waals surface area contributed by atoms with Crippen LogP contribution in [0, 0.1) is 0 Å². The Labute approximate surface area is 113 Å². The molecule has 0 aromatic heterocycles. The molecular formula is C11H10Cl2O5. The van der Waals surface area contributed by atoms with Gasteiger partial charge in [-0.25, -0.2) is 9.59 Å². The summed E-state index contributed by atoms with van der Waals surface area (Å²) in [4.78, 5) is 21.9. The summed E-state index contributed by atoms with van der Waals surface area (Å²) in [5, 5.41) is 8.76. The quantitative estimate of drug-likeness (QED) is 0.667. The maximum atomic E-state index is 11.2. The number of carbonyl (C=O) groups is 2. The van der Waals surface area contributed by atoms with Gasteiger partial charge in [0.25, 0.3) is 5.56 Å². The van der Waals surface area contributed by atoms with Crippen LogP contribution in [0.15, 0.2) is 18.2 Å². The zero-order valence-electron chi connectivity index (χ0n) is 9.35. The van der Waals surface area contributed by atoms with Gasteiger partial charge in [0.2, 0.25) is 0 Å². The van der Waals surface area contributed by atoms with Crippen LogP contribution in [-0.2, 0) is 9.53 Å². The highest BCUT2D eigenvalue weighted by molar-refractivity contribution is 6.33. The van der Waals surface area contributed by atoms with Gasteiger partial charge in [0.05, 0.1) is 17.2 Å². The number of rotatable bonds is 5. The predicted molar refractivity (Wildman–Crippen MR) is 65.3 cm³/mol. The minimum Gasteiger partial charge on any atom is -0.478 e. The highest BCUT2D eigenvalue weighted by Crippen LogP contribution is 2.24. The second kappa shape index (κ2) is 6.47. The van der Waals surface area contributed by atoms with Crippen molar-refractivity contribution >= 4 is 35.1 Å². The average molecular weight is 293 g/mol. The van der Waals surface area contributed by atoms with Gasteiger partial charge in [-0.2, -0.15) is 0 Å². The van der Waals surface area contributed by atoms with Crippen LogP contribution in [0.25, 0.3) is 0 Å². The maximum Gasteiger partial charge on any atom is 0.363 e.